The minimum absolute atomic E-state index is 0.0496. The van der Waals surface area contributed by atoms with Crippen LogP contribution in [0, 0.1) is 11.3 Å². The van der Waals surface area contributed by atoms with Crippen LogP contribution in [0.25, 0.3) is 0 Å². The molecule has 1 atom stereocenters. The minimum Gasteiger partial charge on any atom is -0.468 e. The largest absolute Gasteiger partial charge is 0.468 e. The standard InChI is InChI=1S/C21H17BrN2O3S/c1-12-19(13(2)25)20(18-7-4-8-27-18)16(10-23)21(24-12)28-11-17(26)14-5-3-6-15(22)9-14/h3-9,20,24H,11H2,1-2H3/t20-/m0/s1. The lowest BCUT2D eigenvalue weighted by Crippen LogP contribution is -2.27. The SMILES string of the molecule is CC(=O)C1=C(C)NC(SCC(=O)c2cccc(Br)c2)=C(C#N)[C@H]1c1ccco1. The number of benzene rings is 1. The zero-order valence-electron chi connectivity index (χ0n) is 15.3. The quantitative estimate of drug-likeness (QED) is 0.619. The smallest absolute Gasteiger partial charge is 0.173 e. The number of halogens is 1. The number of nitrogens with zero attached hydrogens (tertiary/aromatic N) is 1. The van der Waals surface area contributed by atoms with Gasteiger partial charge in [0, 0.05) is 21.3 Å². The Morgan fingerprint density at radius 2 is 2.11 bits per heavy atom. The fourth-order valence-corrected chi connectivity index (χ4v) is 4.50. The van der Waals surface area contributed by atoms with E-state index in [9.17, 15) is 14.9 Å². The summed E-state index contributed by atoms with van der Waals surface area (Å²) < 4.78 is 6.34. The molecule has 1 aromatic carbocycles. The molecular formula is C21H17BrN2O3S. The fourth-order valence-electron chi connectivity index (χ4n) is 3.12. The zero-order valence-corrected chi connectivity index (χ0v) is 17.7. The van der Waals surface area contributed by atoms with E-state index >= 15 is 0 Å². The maximum absolute atomic E-state index is 12.5. The van der Waals surface area contributed by atoms with Gasteiger partial charge in [-0.3, -0.25) is 9.59 Å². The van der Waals surface area contributed by atoms with E-state index in [1.54, 1.807) is 37.3 Å². The molecule has 2 heterocycles. The Morgan fingerprint density at radius 3 is 2.71 bits per heavy atom. The van der Waals surface area contributed by atoms with Crippen LogP contribution in [0.3, 0.4) is 0 Å². The Morgan fingerprint density at radius 1 is 1.32 bits per heavy atom. The van der Waals surface area contributed by atoms with Crippen molar-refractivity contribution in [2.24, 2.45) is 0 Å². The zero-order chi connectivity index (χ0) is 20.3. The molecule has 1 N–H and O–H groups in total. The van der Waals surface area contributed by atoms with Crippen LogP contribution in [0.1, 0.15) is 35.9 Å². The highest BCUT2D eigenvalue weighted by Gasteiger charge is 2.34. The van der Waals surface area contributed by atoms with Gasteiger partial charge in [-0.25, -0.2) is 0 Å². The topological polar surface area (TPSA) is 83.1 Å². The number of furan rings is 1. The Labute approximate surface area is 175 Å². The third kappa shape index (κ3) is 4.13. The number of allylic oxidation sites excluding steroid dienone is 3. The van der Waals surface area contributed by atoms with Crippen LogP contribution in [0.4, 0.5) is 0 Å². The summed E-state index contributed by atoms with van der Waals surface area (Å²) in [5.74, 6) is -0.0709. The van der Waals surface area contributed by atoms with Crippen LogP contribution in [0.2, 0.25) is 0 Å². The number of rotatable bonds is 6. The molecule has 142 valence electrons. The normalized spacial score (nSPS) is 16.6. The van der Waals surface area contributed by atoms with Crippen LogP contribution in [-0.2, 0) is 4.79 Å². The average Bonchev–Trinajstić information content (AvgIpc) is 3.19. The molecule has 0 radical (unpaired) electrons. The molecule has 7 heteroatoms. The van der Waals surface area contributed by atoms with E-state index in [0.717, 1.165) is 4.47 Å². The summed E-state index contributed by atoms with van der Waals surface area (Å²) in [5.41, 5.74) is 2.12. The van der Waals surface area contributed by atoms with Crippen molar-refractivity contribution in [1.29, 1.82) is 5.26 Å². The van der Waals surface area contributed by atoms with Gasteiger partial charge in [0.05, 0.1) is 34.6 Å². The van der Waals surface area contributed by atoms with Gasteiger partial charge in [0.25, 0.3) is 0 Å². The second-order valence-corrected chi connectivity index (χ2v) is 8.15. The highest BCUT2D eigenvalue weighted by atomic mass is 79.9. The maximum atomic E-state index is 12.5. The Hall–Kier alpha value is -2.56. The van der Waals surface area contributed by atoms with Gasteiger partial charge in [0.2, 0.25) is 0 Å². The van der Waals surface area contributed by atoms with Gasteiger partial charge < -0.3 is 9.73 Å². The number of nitrogens with one attached hydrogen (secondary N) is 1. The number of carbonyl (C=O) groups excluding carboxylic acids is 2. The highest BCUT2D eigenvalue weighted by molar-refractivity contribution is 9.10. The van der Waals surface area contributed by atoms with E-state index < -0.39 is 5.92 Å². The molecule has 1 aliphatic rings. The van der Waals surface area contributed by atoms with Crippen molar-refractivity contribution in [2.75, 3.05) is 5.75 Å². The van der Waals surface area contributed by atoms with Crippen molar-refractivity contribution >= 4 is 39.3 Å². The molecule has 3 rings (SSSR count). The molecule has 1 aromatic heterocycles. The molecule has 0 spiro atoms. The molecule has 2 aromatic rings. The summed E-state index contributed by atoms with van der Waals surface area (Å²) in [4.78, 5) is 24.8. The highest BCUT2D eigenvalue weighted by Crippen LogP contribution is 2.41. The van der Waals surface area contributed by atoms with Crippen molar-refractivity contribution in [3.05, 3.63) is 80.3 Å². The van der Waals surface area contributed by atoms with E-state index in [0.29, 0.717) is 33.2 Å². The number of carbonyl (C=O) groups is 2. The van der Waals surface area contributed by atoms with Crippen LogP contribution in [0.15, 0.2) is 73.4 Å². The van der Waals surface area contributed by atoms with Crippen LogP contribution >= 0.6 is 27.7 Å². The summed E-state index contributed by atoms with van der Waals surface area (Å²) >= 11 is 4.62. The molecule has 0 bridgehead atoms. The lowest BCUT2D eigenvalue weighted by atomic mass is 9.84. The number of ketones is 2. The first-order valence-electron chi connectivity index (χ1n) is 8.50. The lowest BCUT2D eigenvalue weighted by Gasteiger charge is -2.27. The Balaban J connectivity index is 1.91. The van der Waals surface area contributed by atoms with E-state index in [1.165, 1.54) is 24.9 Å². The average molecular weight is 457 g/mol. The third-order valence-corrected chi connectivity index (χ3v) is 5.86. The fraction of sp³-hybridized carbons (Fsp3) is 0.190. The number of nitriles is 1. The monoisotopic (exact) mass is 456 g/mol. The van der Waals surface area contributed by atoms with Crippen molar-refractivity contribution < 1.29 is 14.0 Å². The van der Waals surface area contributed by atoms with Crippen molar-refractivity contribution in [2.45, 2.75) is 19.8 Å². The molecule has 0 fully saturated rings. The van der Waals surface area contributed by atoms with Gasteiger partial charge in [0.1, 0.15) is 5.76 Å². The van der Waals surface area contributed by atoms with Crippen molar-refractivity contribution in [3.63, 3.8) is 0 Å². The van der Waals surface area contributed by atoms with Crippen LogP contribution < -0.4 is 5.32 Å². The summed E-state index contributed by atoms with van der Waals surface area (Å²) in [6, 6.07) is 12.9. The van der Waals surface area contributed by atoms with Gasteiger partial charge in [-0.15, -0.1) is 0 Å². The first-order chi connectivity index (χ1) is 13.4. The number of dihydropyridines is 1. The number of hydrogen-bond donors (Lipinski definition) is 1. The van der Waals surface area contributed by atoms with E-state index in [1.807, 2.05) is 6.07 Å². The lowest BCUT2D eigenvalue weighted by molar-refractivity contribution is -0.113. The van der Waals surface area contributed by atoms with Crippen molar-refractivity contribution in [1.82, 2.24) is 5.32 Å². The second kappa shape index (κ2) is 8.63. The molecule has 0 saturated carbocycles. The van der Waals surface area contributed by atoms with Gasteiger partial charge in [-0.05, 0) is 38.1 Å². The van der Waals surface area contributed by atoms with Crippen LogP contribution in [-0.4, -0.2) is 17.3 Å². The maximum Gasteiger partial charge on any atom is 0.173 e. The molecule has 0 unspecified atom stereocenters. The van der Waals surface area contributed by atoms with E-state index in [-0.39, 0.29) is 17.3 Å². The van der Waals surface area contributed by atoms with E-state index in [2.05, 4.69) is 27.3 Å². The van der Waals surface area contributed by atoms with Crippen molar-refractivity contribution in [3.8, 4) is 6.07 Å². The summed E-state index contributed by atoms with van der Waals surface area (Å²) in [5, 5.41) is 13.5. The summed E-state index contributed by atoms with van der Waals surface area (Å²) in [6.07, 6.45) is 1.52. The molecule has 1 aliphatic heterocycles. The van der Waals surface area contributed by atoms with Gasteiger partial charge in [-0.2, -0.15) is 5.26 Å². The molecule has 0 aliphatic carbocycles. The molecule has 5 nitrogen and oxygen atoms in total. The number of thioether (sulfide) groups is 1. The molecular weight excluding hydrogens is 440 g/mol. The second-order valence-electron chi connectivity index (χ2n) is 6.25. The minimum atomic E-state index is -0.581. The summed E-state index contributed by atoms with van der Waals surface area (Å²) in [7, 11) is 0. The third-order valence-electron chi connectivity index (χ3n) is 4.35. The molecule has 0 saturated heterocycles. The molecule has 0 amide bonds. The number of hydrogen-bond acceptors (Lipinski definition) is 6. The van der Waals surface area contributed by atoms with E-state index in [4.69, 9.17) is 4.42 Å². The van der Waals surface area contributed by atoms with Gasteiger partial charge in [-0.1, -0.05) is 39.8 Å². The van der Waals surface area contributed by atoms with Crippen LogP contribution in [0.5, 0.6) is 0 Å². The number of Topliss-reactive ketones (excluding diaryl/α,β-unsaturated/α-hetero) is 2. The Bertz CT molecular complexity index is 1030. The predicted molar refractivity (Wildman–Crippen MR) is 112 cm³/mol. The first kappa shape index (κ1) is 20.2. The predicted octanol–water partition coefficient (Wildman–Crippen LogP) is 4.94. The molecule has 28 heavy (non-hydrogen) atoms. The van der Waals surface area contributed by atoms with Gasteiger partial charge in [0.15, 0.2) is 11.6 Å². The Kier molecular flexibility index (Phi) is 6.22. The first-order valence-corrected chi connectivity index (χ1v) is 10.3. The summed E-state index contributed by atoms with van der Waals surface area (Å²) in [6.45, 7) is 3.26. The van der Waals surface area contributed by atoms with Gasteiger partial charge >= 0.3 is 0 Å².